The number of hydrogen-bond acceptors (Lipinski definition) is 13. The third-order valence-corrected chi connectivity index (χ3v) is 15.1. The van der Waals surface area contributed by atoms with Gasteiger partial charge in [0.05, 0.1) is 59.0 Å². The number of nitrogens with zero attached hydrogens (tertiary/aromatic N) is 5. The van der Waals surface area contributed by atoms with Crippen LogP contribution in [0.5, 0.6) is 11.5 Å². The van der Waals surface area contributed by atoms with Gasteiger partial charge in [-0.1, -0.05) is 37.1 Å². The lowest BCUT2D eigenvalue weighted by Gasteiger charge is -2.39. The summed E-state index contributed by atoms with van der Waals surface area (Å²) in [6.07, 6.45) is 0.554. The van der Waals surface area contributed by atoms with Crippen LogP contribution in [0.1, 0.15) is 54.6 Å². The SMILES string of the molecule is CC1(C)CCC(CN2CCN(c3ccc(C(=O)NS(=O)(=O)c4ccc(NCC5CN(C(=O)C6COC6)CCO5)c([N+](=O)[O-])c4)c(Oc4cnc5[nH]ccc5c4)c3)CC2)=C(c2ccc(C(F)(F)F)cc2Cl)C1. The molecule has 0 radical (unpaired) electrons. The Morgan fingerprint density at radius 1 is 1.03 bits per heavy atom. The zero-order valence-corrected chi connectivity index (χ0v) is 40.5. The highest BCUT2D eigenvalue weighted by Gasteiger charge is 2.36. The van der Waals surface area contributed by atoms with Gasteiger partial charge in [-0.2, -0.15) is 13.2 Å². The Balaban J connectivity index is 0.906. The Morgan fingerprint density at radius 3 is 2.54 bits per heavy atom. The van der Waals surface area contributed by atoms with E-state index >= 15 is 0 Å². The van der Waals surface area contributed by atoms with Crippen LogP contribution >= 0.6 is 11.6 Å². The lowest BCUT2D eigenvalue weighted by Crippen LogP contribution is -2.52. The van der Waals surface area contributed by atoms with Crippen molar-refractivity contribution in [3.05, 3.63) is 117 Å². The van der Waals surface area contributed by atoms with Gasteiger partial charge in [-0.05, 0) is 84.3 Å². The number of anilines is 2. The normalized spacial score (nSPS) is 19.1. The summed E-state index contributed by atoms with van der Waals surface area (Å²) in [7, 11) is -4.69. The highest BCUT2D eigenvalue weighted by atomic mass is 35.5. The zero-order valence-electron chi connectivity index (χ0n) is 38.9. The molecule has 9 rings (SSSR count). The highest BCUT2D eigenvalue weighted by molar-refractivity contribution is 7.90. The van der Waals surface area contributed by atoms with Crippen molar-refractivity contribution < 1.29 is 50.3 Å². The second-order valence-electron chi connectivity index (χ2n) is 19.0. The van der Waals surface area contributed by atoms with Crippen LogP contribution in [-0.2, 0) is 30.5 Å². The van der Waals surface area contributed by atoms with Crippen LogP contribution in [0.2, 0.25) is 5.02 Å². The molecule has 4 aliphatic rings. The first-order valence-electron chi connectivity index (χ1n) is 23.2. The van der Waals surface area contributed by atoms with E-state index in [9.17, 15) is 41.3 Å². The third-order valence-electron chi connectivity index (χ3n) is 13.4. The molecule has 1 aliphatic carbocycles. The number of nitro benzene ring substituents is 1. The number of morpholine rings is 1. The molecule has 3 aromatic carbocycles. The summed E-state index contributed by atoms with van der Waals surface area (Å²) < 4.78 is 87.4. The summed E-state index contributed by atoms with van der Waals surface area (Å²) in [5, 5.41) is 16.0. The first-order valence-corrected chi connectivity index (χ1v) is 25.0. The topological polar surface area (TPSA) is 202 Å². The molecule has 376 valence electrons. The van der Waals surface area contributed by atoms with E-state index in [2.05, 4.69) is 43.7 Å². The molecule has 0 bridgehead atoms. The molecule has 5 heterocycles. The number of nitrogens with one attached hydrogen (secondary N) is 3. The number of allylic oxidation sites excluding steroid dienone is 1. The molecule has 0 spiro atoms. The second kappa shape index (κ2) is 20.1. The minimum Gasteiger partial charge on any atom is -0.455 e. The zero-order chi connectivity index (χ0) is 50.2. The van der Waals surface area contributed by atoms with Crippen molar-refractivity contribution in [2.24, 2.45) is 11.3 Å². The van der Waals surface area contributed by atoms with Crippen LogP contribution in [0.4, 0.5) is 30.2 Å². The van der Waals surface area contributed by atoms with Crippen molar-refractivity contribution >= 4 is 67.1 Å². The number of nitro groups is 1. The summed E-state index contributed by atoms with van der Waals surface area (Å²) >= 11 is 6.54. The Morgan fingerprint density at radius 2 is 1.82 bits per heavy atom. The summed E-state index contributed by atoms with van der Waals surface area (Å²) in [6.45, 7) is 9.11. The Bertz CT molecular complexity index is 3010. The molecule has 3 aliphatic heterocycles. The number of alkyl halides is 3. The summed E-state index contributed by atoms with van der Waals surface area (Å²) in [5.74, 6) is -0.983. The van der Waals surface area contributed by atoms with Gasteiger partial charge in [-0.15, -0.1) is 0 Å². The van der Waals surface area contributed by atoms with E-state index in [1.165, 1.54) is 24.4 Å². The fourth-order valence-corrected chi connectivity index (χ4v) is 10.6. The van der Waals surface area contributed by atoms with Crippen LogP contribution < -0.4 is 19.7 Å². The van der Waals surface area contributed by atoms with Gasteiger partial charge in [-0.25, -0.2) is 18.1 Å². The van der Waals surface area contributed by atoms with Crippen molar-refractivity contribution in [1.82, 2.24) is 24.5 Å². The second-order valence-corrected chi connectivity index (χ2v) is 21.1. The molecular weight excluding hydrogens is 969 g/mol. The molecular formula is C49H52ClF3N8O9S. The molecule has 2 amide bonds. The molecule has 1 atom stereocenters. The predicted octanol–water partition coefficient (Wildman–Crippen LogP) is 8.13. The predicted molar refractivity (Wildman–Crippen MR) is 259 cm³/mol. The van der Waals surface area contributed by atoms with Gasteiger partial charge >= 0.3 is 6.18 Å². The summed E-state index contributed by atoms with van der Waals surface area (Å²) in [4.78, 5) is 51.3. The molecule has 2 aromatic heterocycles. The van der Waals surface area contributed by atoms with Crippen molar-refractivity contribution in [3.8, 4) is 11.5 Å². The number of fused-ring (bicyclic) bond motifs is 1. The maximum atomic E-state index is 14.0. The van der Waals surface area contributed by atoms with Gasteiger partial charge in [0.25, 0.3) is 21.6 Å². The van der Waals surface area contributed by atoms with Gasteiger partial charge in [0.1, 0.15) is 22.8 Å². The number of carbonyl (C=O) groups excluding carboxylic acids is 2. The molecule has 0 saturated carbocycles. The average molecular weight is 1020 g/mol. The molecule has 71 heavy (non-hydrogen) atoms. The molecule has 17 nitrogen and oxygen atoms in total. The quantitative estimate of drug-likeness (QED) is 0.0712. The van der Waals surface area contributed by atoms with Crippen molar-refractivity contribution in [2.75, 3.05) is 82.4 Å². The number of ether oxygens (including phenoxy) is 3. The number of aromatic nitrogens is 2. The number of benzene rings is 3. The number of sulfonamides is 1. The number of piperazine rings is 1. The van der Waals surface area contributed by atoms with Crippen LogP contribution in [0.3, 0.4) is 0 Å². The Kier molecular flexibility index (Phi) is 14.1. The average Bonchev–Trinajstić information content (AvgIpc) is 3.79. The van der Waals surface area contributed by atoms with Crippen LogP contribution in [0, 0.1) is 21.4 Å². The number of H-pyrrole nitrogens is 1. The standard InChI is InChI=1S/C49H52ClF3N8O9S/c1-48(2)11-9-31(40(23-48)38-6-3-33(20-41(38)50)49(51,52)53)26-58-13-15-59(16-14-58)34-4-7-39(44(21-34)70-35-19-30-10-12-54-45(30)56-24-35)46(62)57-71(66,67)37-5-8-42(43(22-37)61(64)65)55-25-36-27-60(17-18-69-36)47(63)32-28-68-29-32/h3-8,10,12,19-22,24,32,36,55H,9,11,13-18,23,25-29H2,1-2H3,(H,54,56)(H,57,62). The van der Waals surface area contributed by atoms with Crippen LogP contribution in [0.25, 0.3) is 16.6 Å². The van der Waals surface area contributed by atoms with E-state index in [0.29, 0.717) is 75.8 Å². The smallest absolute Gasteiger partial charge is 0.416 e. The minimum atomic E-state index is -4.69. The molecule has 5 aromatic rings. The fraction of sp³-hybridized carbons (Fsp3) is 0.408. The number of carbonyl (C=O) groups is 2. The molecule has 1 unspecified atom stereocenters. The number of halogens is 4. The van der Waals surface area contributed by atoms with Gasteiger partial charge in [-0.3, -0.25) is 24.6 Å². The third kappa shape index (κ3) is 11.3. The van der Waals surface area contributed by atoms with E-state index in [1.807, 2.05) is 0 Å². The van der Waals surface area contributed by atoms with Crippen molar-refractivity contribution in [2.45, 2.75) is 50.3 Å². The maximum Gasteiger partial charge on any atom is 0.416 e. The van der Waals surface area contributed by atoms with Crippen molar-refractivity contribution in [3.63, 3.8) is 0 Å². The molecule has 3 N–H and O–H groups in total. The van der Waals surface area contributed by atoms with E-state index in [1.54, 1.807) is 35.4 Å². The largest absolute Gasteiger partial charge is 0.455 e. The van der Waals surface area contributed by atoms with Gasteiger partial charge in [0.2, 0.25) is 5.91 Å². The Hall–Kier alpha value is -6.26. The number of rotatable bonds is 14. The van der Waals surface area contributed by atoms with E-state index in [-0.39, 0.29) is 64.7 Å². The van der Waals surface area contributed by atoms with Crippen LogP contribution in [-0.4, -0.2) is 123 Å². The van der Waals surface area contributed by atoms with E-state index in [4.69, 9.17) is 25.8 Å². The lowest BCUT2D eigenvalue weighted by atomic mass is 9.72. The number of amides is 2. The highest BCUT2D eigenvalue weighted by Crippen LogP contribution is 2.46. The monoisotopic (exact) mass is 1020 g/mol. The van der Waals surface area contributed by atoms with E-state index < -0.39 is 49.3 Å². The maximum absolute atomic E-state index is 14.0. The van der Waals surface area contributed by atoms with Gasteiger partial charge in [0, 0.05) is 86.8 Å². The first-order chi connectivity index (χ1) is 33.8. The minimum absolute atomic E-state index is 0.0164. The van der Waals surface area contributed by atoms with E-state index in [0.717, 1.165) is 53.6 Å². The molecule has 22 heteroatoms. The number of aromatic amines is 1. The van der Waals surface area contributed by atoms with Crippen LogP contribution in [0.15, 0.2) is 89.6 Å². The lowest BCUT2D eigenvalue weighted by molar-refractivity contribution is -0.384. The summed E-state index contributed by atoms with van der Waals surface area (Å²) in [6, 6.07) is 15.1. The Labute approximate surface area is 412 Å². The fourth-order valence-electron chi connectivity index (χ4n) is 9.36. The molecule has 3 saturated heterocycles. The number of pyridine rings is 1. The first kappa shape index (κ1) is 49.7. The van der Waals surface area contributed by atoms with Gasteiger partial charge in [0.15, 0.2) is 0 Å². The summed E-state index contributed by atoms with van der Waals surface area (Å²) in [5.41, 5.74) is 2.50. The molecule has 3 fully saturated rings. The van der Waals surface area contributed by atoms with Gasteiger partial charge < -0.3 is 34.3 Å². The number of hydrogen-bond donors (Lipinski definition) is 3. The van der Waals surface area contributed by atoms with Crippen molar-refractivity contribution in [1.29, 1.82) is 0 Å².